The number of benzene rings is 2. The lowest BCUT2D eigenvalue weighted by Gasteiger charge is -2.04. The molecule has 0 nitrogen and oxygen atoms in total. The molecule has 2 aromatic rings. The molecule has 4 rings (SSSR count). The number of rotatable bonds is 0. The molecule has 0 aromatic heterocycles. The Balaban J connectivity index is 2.21. The maximum Gasteiger partial charge on any atom is -0.00200 e. The molecule has 78 valence electrons. The van der Waals surface area contributed by atoms with Gasteiger partial charge in [-0.15, -0.1) is 5.73 Å². The average molecular weight is 214 g/mol. The second-order valence-electron chi connectivity index (χ2n) is 4.37. The normalized spacial score (nSPS) is 14.0. The molecule has 2 aliphatic rings. The van der Waals surface area contributed by atoms with E-state index in [1.54, 1.807) is 0 Å². The molecule has 0 atom stereocenters. The van der Waals surface area contributed by atoms with Gasteiger partial charge < -0.3 is 0 Å². The summed E-state index contributed by atoms with van der Waals surface area (Å²) in [6, 6.07) is 15.1. The van der Waals surface area contributed by atoms with Gasteiger partial charge >= 0.3 is 0 Å². The van der Waals surface area contributed by atoms with E-state index in [-0.39, 0.29) is 0 Å². The Morgan fingerprint density at radius 2 is 1.59 bits per heavy atom. The van der Waals surface area contributed by atoms with Crippen molar-refractivity contribution in [3.05, 3.63) is 77.0 Å². The second kappa shape index (κ2) is 3.10. The fourth-order valence-corrected chi connectivity index (χ4v) is 2.75. The molecule has 0 aliphatic heterocycles. The monoisotopic (exact) mass is 214 g/mol. The zero-order valence-corrected chi connectivity index (χ0v) is 9.27. The van der Waals surface area contributed by atoms with E-state index in [1.807, 2.05) is 6.08 Å². The van der Waals surface area contributed by atoms with Crippen molar-refractivity contribution >= 4 is 11.6 Å². The molecule has 0 bridgehead atoms. The highest BCUT2D eigenvalue weighted by molar-refractivity contribution is 6.04. The Hall–Kier alpha value is -2.30. The summed E-state index contributed by atoms with van der Waals surface area (Å²) in [6.07, 6.45) is 6.23. The minimum Gasteiger partial charge on any atom is -0.120 e. The van der Waals surface area contributed by atoms with Crippen molar-refractivity contribution in [2.45, 2.75) is 0 Å². The van der Waals surface area contributed by atoms with Crippen LogP contribution >= 0.6 is 0 Å². The van der Waals surface area contributed by atoms with Crippen LogP contribution in [0, 0.1) is 0 Å². The summed E-state index contributed by atoms with van der Waals surface area (Å²) in [4.78, 5) is 0. The van der Waals surface area contributed by atoms with Crippen molar-refractivity contribution in [3.63, 3.8) is 0 Å². The lowest BCUT2D eigenvalue weighted by atomic mass is 9.99. The third-order valence-electron chi connectivity index (χ3n) is 3.46. The molecule has 0 radical (unpaired) electrons. The molecule has 0 N–H and O–H groups in total. The van der Waals surface area contributed by atoms with E-state index in [9.17, 15) is 0 Å². The predicted octanol–water partition coefficient (Wildman–Crippen LogP) is 4.28. The summed E-state index contributed by atoms with van der Waals surface area (Å²) in [6.45, 7) is 0. The van der Waals surface area contributed by atoms with Crippen LogP contribution in [0.1, 0.15) is 16.7 Å². The summed E-state index contributed by atoms with van der Waals surface area (Å²) in [5.74, 6) is 0. The molecule has 0 saturated heterocycles. The van der Waals surface area contributed by atoms with Gasteiger partial charge in [-0.3, -0.25) is 0 Å². The van der Waals surface area contributed by atoms with Crippen molar-refractivity contribution in [2.24, 2.45) is 0 Å². The molecule has 0 saturated carbocycles. The maximum atomic E-state index is 3.20. The van der Waals surface area contributed by atoms with Gasteiger partial charge in [-0.25, -0.2) is 0 Å². The maximum absolute atomic E-state index is 3.20. The van der Waals surface area contributed by atoms with Crippen molar-refractivity contribution in [1.82, 2.24) is 0 Å². The first-order valence-corrected chi connectivity index (χ1v) is 5.81. The molecule has 0 heteroatoms. The van der Waals surface area contributed by atoms with Crippen LogP contribution in [0.5, 0.6) is 0 Å². The van der Waals surface area contributed by atoms with Crippen LogP contribution in [-0.4, -0.2) is 0 Å². The fraction of sp³-hybridized carbons (Fsp3) is 0. The zero-order valence-electron chi connectivity index (χ0n) is 9.27. The van der Waals surface area contributed by atoms with E-state index < -0.39 is 0 Å². The summed E-state index contributed by atoms with van der Waals surface area (Å²) >= 11 is 0. The van der Waals surface area contributed by atoms with Crippen LogP contribution in [0.25, 0.3) is 22.8 Å². The Morgan fingerprint density at radius 1 is 0.765 bits per heavy atom. The van der Waals surface area contributed by atoms with Crippen LogP contribution in [-0.2, 0) is 0 Å². The largest absolute Gasteiger partial charge is 0.120 e. The molecule has 2 aliphatic carbocycles. The first-order valence-electron chi connectivity index (χ1n) is 5.81. The lowest BCUT2D eigenvalue weighted by Crippen LogP contribution is -1.84. The molecular weight excluding hydrogens is 204 g/mol. The van der Waals surface area contributed by atoms with Gasteiger partial charge in [-0.2, -0.15) is 0 Å². The number of allylic oxidation sites excluding steroid dienone is 2. The molecule has 17 heavy (non-hydrogen) atoms. The molecule has 0 heterocycles. The van der Waals surface area contributed by atoms with Gasteiger partial charge in [0.15, 0.2) is 0 Å². The molecule has 0 amide bonds. The first kappa shape index (κ1) is 8.81. The smallest absolute Gasteiger partial charge is 0.00200 e. The van der Waals surface area contributed by atoms with Crippen molar-refractivity contribution in [2.75, 3.05) is 0 Å². The third kappa shape index (κ3) is 1.08. The molecule has 0 fully saturated rings. The molecule has 2 aromatic carbocycles. The van der Waals surface area contributed by atoms with Crippen LogP contribution in [0.4, 0.5) is 0 Å². The Morgan fingerprint density at radius 3 is 2.53 bits per heavy atom. The first-order chi connectivity index (χ1) is 8.45. The van der Waals surface area contributed by atoms with Crippen LogP contribution in [0.3, 0.4) is 0 Å². The van der Waals surface area contributed by atoms with Gasteiger partial charge in [0.25, 0.3) is 0 Å². The van der Waals surface area contributed by atoms with E-state index in [0.29, 0.717) is 0 Å². The Labute approximate surface area is 100 Å². The van der Waals surface area contributed by atoms with E-state index in [1.165, 1.54) is 33.4 Å². The van der Waals surface area contributed by atoms with Crippen molar-refractivity contribution < 1.29 is 0 Å². The molecule has 0 unspecified atom stereocenters. The highest BCUT2D eigenvalue weighted by atomic mass is 14.3. The highest BCUT2D eigenvalue weighted by Crippen LogP contribution is 2.46. The second-order valence-corrected chi connectivity index (χ2v) is 4.37. The van der Waals surface area contributed by atoms with Crippen LogP contribution < -0.4 is 0 Å². The topological polar surface area (TPSA) is 0 Å². The number of hydrogen-bond donors (Lipinski definition) is 0. The van der Waals surface area contributed by atoms with E-state index >= 15 is 0 Å². The van der Waals surface area contributed by atoms with Gasteiger partial charge in [0.05, 0.1) is 0 Å². The zero-order chi connectivity index (χ0) is 11.2. The summed E-state index contributed by atoms with van der Waals surface area (Å²) in [5, 5.41) is 0. The highest BCUT2D eigenvalue weighted by Gasteiger charge is 2.24. The SMILES string of the molecule is C1=CC=C2c3ccccc3-c3cccc(c32)C=1. The summed E-state index contributed by atoms with van der Waals surface area (Å²) in [5.41, 5.74) is 11.2. The van der Waals surface area contributed by atoms with E-state index in [0.717, 1.165) is 0 Å². The van der Waals surface area contributed by atoms with Gasteiger partial charge in [-0.1, -0.05) is 42.5 Å². The van der Waals surface area contributed by atoms with E-state index in [2.05, 4.69) is 60.3 Å². The predicted molar refractivity (Wildman–Crippen MR) is 71.5 cm³/mol. The summed E-state index contributed by atoms with van der Waals surface area (Å²) in [7, 11) is 0. The summed E-state index contributed by atoms with van der Waals surface area (Å²) < 4.78 is 0. The minimum absolute atomic E-state index is 1.26. The van der Waals surface area contributed by atoms with Crippen molar-refractivity contribution in [3.8, 4) is 11.1 Å². The number of hydrogen-bond acceptors (Lipinski definition) is 0. The Bertz CT molecular complexity index is 723. The number of fused-ring (bicyclic) bond motifs is 3. The van der Waals surface area contributed by atoms with Crippen LogP contribution in [0.2, 0.25) is 0 Å². The molecular formula is C17H10. The minimum atomic E-state index is 1.26. The van der Waals surface area contributed by atoms with E-state index in [4.69, 9.17) is 0 Å². The third-order valence-corrected chi connectivity index (χ3v) is 3.46. The standard InChI is InChI=1S/C17H10/c1-2-10-15-13-8-3-4-9-14(13)16-11-5-7-12(6-1)17(15)16/h2-11H. The Kier molecular flexibility index (Phi) is 1.61. The van der Waals surface area contributed by atoms with Gasteiger partial charge in [0.2, 0.25) is 0 Å². The van der Waals surface area contributed by atoms with Crippen molar-refractivity contribution in [1.29, 1.82) is 0 Å². The fourth-order valence-electron chi connectivity index (χ4n) is 2.75. The average Bonchev–Trinajstić information content (AvgIpc) is 2.56. The quantitative estimate of drug-likeness (QED) is 0.490. The molecule has 0 spiro atoms. The van der Waals surface area contributed by atoms with Gasteiger partial charge in [0.1, 0.15) is 0 Å². The lowest BCUT2D eigenvalue weighted by molar-refractivity contribution is 1.61. The van der Waals surface area contributed by atoms with Gasteiger partial charge in [-0.05, 0) is 51.6 Å². The van der Waals surface area contributed by atoms with Gasteiger partial charge in [0, 0.05) is 0 Å². The van der Waals surface area contributed by atoms with Crippen LogP contribution in [0.15, 0.2) is 60.3 Å².